The van der Waals surface area contributed by atoms with Crippen LogP contribution in [-0.2, 0) is 22.6 Å². The molecule has 0 saturated heterocycles. The van der Waals surface area contributed by atoms with Crippen LogP contribution in [0.15, 0.2) is 79.0 Å². The van der Waals surface area contributed by atoms with Crippen molar-refractivity contribution in [2.24, 2.45) is 0 Å². The molecule has 4 aromatic rings. The van der Waals surface area contributed by atoms with E-state index < -0.39 is 0 Å². The molecule has 0 aliphatic carbocycles. The second-order valence-electron chi connectivity index (χ2n) is 8.95. The summed E-state index contributed by atoms with van der Waals surface area (Å²) in [5.41, 5.74) is 6.71. The number of benzene rings is 3. The van der Waals surface area contributed by atoms with Crippen molar-refractivity contribution in [1.82, 2.24) is 4.57 Å². The van der Waals surface area contributed by atoms with Gasteiger partial charge in [0, 0.05) is 53.1 Å². The van der Waals surface area contributed by atoms with E-state index in [1.54, 1.807) is 11.9 Å². The van der Waals surface area contributed by atoms with Gasteiger partial charge in [-0.25, -0.2) is 0 Å². The van der Waals surface area contributed by atoms with Gasteiger partial charge in [-0.1, -0.05) is 54.6 Å². The molecule has 2 aliphatic rings. The number of hydrogen-bond donors (Lipinski definition) is 0. The fraction of sp³-hybridized carbons (Fsp3) is 0.172. The third-order valence-electron chi connectivity index (χ3n) is 6.93. The van der Waals surface area contributed by atoms with Crippen molar-refractivity contribution in [1.29, 1.82) is 0 Å². The van der Waals surface area contributed by atoms with E-state index >= 15 is 0 Å². The highest BCUT2D eigenvalue weighted by Crippen LogP contribution is 2.37. The first-order valence-corrected chi connectivity index (χ1v) is 11.7. The summed E-state index contributed by atoms with van der Waals surface area (Å²) in [6, 6.07) is 24.1. The number of carbonyl (C=O) groups excluding carboxylic acids is 2. The molecule has 34 heavy (non-hydrogen) atoms. The Hall–Kier alpha value is -4.12. The Morgan fingerprint density at radius 1 is 0.941 bits per heavy atom. The molecule has 168 valence electrons. The summed E-state index contributed by atoms with van der Waals surface area (Å²) in [5, 5.41) is 1.03. The Bertz CT molecular complexity index is 1480. The van der Waals surface area contributed by atoms with Crippen LogP contribution in [0.2, 0.25) is 0 Å². The van der Waals surface area contributed by atoms with Gasteiger partial charge < -0.3 is 14.4 Å². The van der Waals surface area contributed by atoms with E-state index in [0.717, 1.165) is 52.8 Å². The quantitative estimate of drug-likeness (QED) is 0.409. The molecule has 5 heteroatoms. The molecule has 0 radical (unpaired) electrons. The molecule has 1 aromatic heterocycles. The average molecular weight is 448 g/mol. The highest BCUT2D eigenvalue weighted by Gasteiger charge is 2.29. The number of aromatic nitrogens is 1. The highest BCUT2D eigenvalue weighted by molar-refractivity contribution is 6.36. The van der Waals surface area contributed by atoms with Crippen molar-refractivity contribution < 1.29 is 9.59 Å². The standard InChI is InChI=1S/C29H25N3O2/c1-30-26-14-6-4-12-23(26)24(29(30)34)17-21-18-31(27-15-7-3-11-22(21)27)19-28(33)32-16-8-10-20-9-2-5-13-25(20)32/h2-7,9,11-15,17-18H,8,10,16,19H2,1H3/b24-17-. The molecule has 2 amide bonds. The van der Waals surface area contributed by atoms with Crippen molar-refractivity contribution in [2.45, 2.75) is 19.4 Å². The zero-order valence-electron chi connectivity index (χ0n) is 19.1. The number of amides is 2. The second-order valence-corrected chi connectivity index (χ2v) is 8.95. The van der Waals surface area contributed by atoms with Crippen LogP contribution >= 0.6 is 0 Å². The van der Waals surface area contributed by atoms with Gasteiger partial charge in [-0.2, -0.15) is 0 Å². The summed E-state index contributed by atoms with van der Waals surface area (Å²) in [6.07, 6.45) is 5.94. The SMILES string of the molecule is CN1C(=O)/C(=C\c2cn(CC(=O)N3CCCc4ccccc43)c3ccccc23)c2ccccc21. The zero-order chi connectivity index (χ0) is 23.2. The van der Waals surface area contributed by atoms with Crippen LogP contribution in [-0.4, -0.2) is 30.0 Å². The van der Waals surface area contributed by atoms with Crippen LogP contribution < -0.4 is 9.80 Å². The van der Waals surface area contributed by atoms with Crippen molar-refractivity contribution in [2.75, 3.05) is 23.4 Å². The smallest absolute Gasteiger partial charge is 0.258 e. The highest BCUT2D eigenvalue weighted by atomic mass is 16.2. The van der Waals surface area contributed by atoms with Gasteiger partial charge in [0.1, 0.15) is 6.54 Å². The van der Waals surface area contributed by atoms with Crippen LogP contribution in [0.3, 0.4) is 0 Å². The molecule has 0 unspecified atom stereocenters. The normalized spacial score (nSPS) is 16.3. The number of nitrogens with zero attached hydrogens (tertiary/aromatic N) is 3. The van der Waals surface area contributed by atoms with Gasteiger partial charge in [-0.15, -0.1) is 0 Å². The molecule has 6 rings (SSSR count). The Labute approximate surface area is 198 Å². The molecule has 0 fully saturated rings. The summed E-state index contributed by atoms with van der Waals surface area (Å²) < 4.78 is 2.01. The number of rotatable bonds is 3. The average Bonchev–Trinajstić information content (AvgIpc) is 3.34. The molecular weight excluding hydrogens is 422 g/mol. The lowest BCUT2D eigenvalue weighted by molar-refractivity contribution is -0.119. The number of hydrogen-bond acceptors (Lipinski definition) is 2. The summed E-state index contributed by atoms with van der Waals surface area (Å²) in [5.74, 6) is 0.0631. The predicted molar refractivity (Wildman–Crippen MR) is 137 cm³/mol. The van der Waals surface area contributed by atoms with Crippen molar-refractivity contribution in [3.05, 3.63) is 95.7 Å². The van der Waals surface area contributed by atoms with Crippen LogP contribution in [0.4, 0.5) is 11.4 Å². The Morgan fingerprint density at radius 2 is 1.68 bits per heavy atom. The maximum absolute atomic E-state index is 13.4. The van der Waals surface area contributed by atoms with Gasteiger partial charge in [0.2, 0.25) is 5.91 Å². The molecule has 3 aromatic carbocycles. The minimum atomic E-state index is -0.0148. The van der Waals surface area contributed by atoms with E-state index in [1.165, 1.54) is 5.56 Å². The summed E-state index contributed by atoms with van der Waals surface area (Å²) in [4.78, 5) is 30.0. The van der Waals surface area contributed by atoms with Crippen LogP contribution in [0.1, 0.15) is 23.1 Å². The van der Waals surface area contributed by atoms with Crippen LogP contribution in [0.25, 0.3) is 22.6 Å². The van der Waals surface area contributed by atoms with Crippen molar-refractivity contribution in [3.63, 3.8) is 0 Å². The number of likely N-dealkylation sites (N-methyl/N-ethyl adjacent to an activating group) is 1. The minimum Gasteiger partial charge on any atom is -0.337 e. The molecule has 0 bridgehead atoms. The fourth-order valence-corrected chi connectivity index (χ4v) is 5.24. The maximum Gasteiger partial charge on any atom is 0.258 e. The number of para-hydroxylation sites is 3. The molecule has 3 heterocycles. The van der Waals surface area contributed by atoms with Crippen molar-refractivity contribution in [3.8, 4) is 0 Å². The van der Waals surface area contributed by atoms with E-state index in [1.807, 2.05) is 88.5 Å². The summed E-state index contributed by atoms with van der Waals surface area (Å²) in [7, 11) is 1.81. The molecule has 0 N–H and O–H groups in total. The first-order chi connectivity index (χ1) is 16.6. The van der Waals surface area contributed by atoms with Crippen molar-refractivity contribution >= 4 is 45.7 Å². The predicted octanol–water partition coefficient (Wildman–Crippen LogP) is 5.14. The number of aryl methyl sites for hydroxylation is 1. The molecular formula is C29H25N3O2. The molecule has 0 saturated carbocycles. The Balaban J connectivity index is 1.39. The lowest BCUT2D eigenvalue weighted by Gasteiger charge is -2.29. The summed E-state index contributed by atoms with van der Waals surface area (Å²) in [6.45, 7) is 0.992. The van der Waals surface area contributed by atoms with Gasteiger partial charge >= 0.3 is 0 Å². The number of carbonyl (C=O) groups is 2. The molecule has 2 aliphatic heterocycles. The van der Waals surface area contributed by atoms with Crippen LogP contribution in [0, 0.1) is 0 Å². The van der Waals surface area contributed by atoms with Gasteiger partial charge in [0.05, 0.1) is 5.69 Å². The molecule has 5 nitrogen and oxygen atoms in total. The van der Waals surface area contributed by atoms with Gasteiger partial charge in [0.25, 0.3) is 5.91 Å². The lowest BCUT2D eigenvalue weighted by Crippen LogP contribution is -2.37. The number of anilines is 2. The third-order valence-corrected chi connectivity index (χ3v) is 6.93. The lowest BCUT2D eigenvalue weighted by atomic mass is 10.0. The van der Waals surface area contributed by atoms with E-state index in [-0.39, 0.29) is 18.4 Å². The summed E-state index contributed by atoms with van der Waals surface area (Å²) >= 11 is 0. The molecule has 0 atom stereocenters. The first-order valence-electron chi connectivity index (χ1n) is 11.7. The van der Waals surface area contributed by atoms with Crippen LogP contribution in [0.5, 0.6) is 0 Å². The van der Waals surface area contributed by atoms with Gasteiger partial charge in [0.15, 0.2) is 0 Å². The maximum atomic E-state index is 13.4. The number of fused-ring (bicyclic) bond motifs is 3. The van der Waals surface area contributed by atoms with E-state index in [0.29, 0.717) is 5.57 Å². The van der Waals surface area contributed by atoms with E-state index in [2.05, 4.69) is 6.07 Å². The molecule has 0 spiro atoms. The largest absolute Gasteiger partial charge is 0.337 e. The van der Waals surface area contributed by atoms with E-state index in [4.69, 9.17) is 0 Å². The minimum absolute atomic E-state index is 0.0148. The Kier molecular flexibility index (Phi) is 4.84. The monoisotopic (exact) mass is 447 g/mol. The fourth-order valence-electron chi connectivity index (χ4n) is 5.24. The second kappa shape index (κ2) is 8.03. The van der Waals surface area contributed by atoms with E-state index in [9.17, 15) is 9.59 Å². The third kappa shape index (κ3) is 3.24. The van der Waals surface area contributed by atoms with Gasteiger partial charge in [-0.3, -0.25) is 9.59 Å². The van der Waals surface area contributed by atoms with Gasteiger partial charge in [-0.05, 0) is 42.7 Å². The Morgan fingerprint density at radius 3 is 2.56 bits per heavy atom. The first kappa shape index (κ1) is 20.5. The zero-order valence-corrected chi connectivity index (χ0v) is 19.1. The topological polar surface area (TPSA) is 45.6 Å².